The molecule has 0 aromatic heterocycles. The molecule has 0 aliphatic rings. The number of hydrogen-bond donors (Lipinski definition) is 1. The lowest BCUT2D eigenvalue weighted by molar-refractivity contribution is -0.139. The highest BCUT2D eigenvalue weighted by Crippen LogP contribution is 2.27. The van der Waals surface area contributed by atoms with Crippen LogP contribution in [0.2, 0.25) is 5.02 Å². The van der Waals surface area contributed by atoms with Crippen molar-refractivity contribution in [3.05, 3.63) is 95.0 Å². The van der Waals surface area contributed by atoms with Crippen molar-refractivity contribution in [1.29, 1.82) is 0 Å². The summed E-state index contributed by atoms with van der Waals surface area (Å²) in [5.74, 6) is -0.879. The maximum absolute atomic E-state index is 13.7. The number of likely N-dealkylation sites (N-methyl/N-ethyl adjacent to an activating group) is 1. The highest BCUT2D eigenvalue weighted by atomic mass is 35.5. The Labute approximate surface area is 211 Å². The molecule has 1 N–H and O–H groups in total. The molecule has 0 radical (unpaired) electrons. The molecule has 0 aliphatic carbocycles. The summed E-state index contributed by atoms with van der Waals surface area (Å²) in [5.41, 5.74) is 2.06. The van der Waals surface area contributed by atoms with Crippen LogP contribution in [0.4, 0.5) is 5.69 Å². The van der Waals surface area contributed by atoms with Gasteiger partial charge in [-0.05, 0) is 55.3 Å². The zero-order chi connectivity index (χ0) is 25.6. The molecule has 2 amide bonds. The van der Waals surface area contributed by atoms with E-state index < -0.39 is 28.5 Å². The van der Waals surface area contributed by atoms with Gasteiger partial charge in [-0.2, -0.15) is 0 Å². The lowest BCUT2D eigenvalue weighted by Gasteiger charge is -2.32. The molecule has 9 heteroatoms. The van der Waals surface area contributed by atoms with Gasteiger partial charge in [-0.25, -0.2) is 8.42 Å². The van der Waals surface area contributed by atoms with Crippen LogP contribution in [0.25, 0.3) is 0 Å². The number of halogens is 1. The van der Waals surface area contributed by atoms with Crippen LogP contribution in [0.3, 0.4) is 0 Å². The normalized spacial score (nSPS) is 12.0. The van der Waals surface area contributed by atoms with E-state index >= 15 is 0 Å². The smallest absolute Gasteiger partial charge is 0.264 e. The Morgan fingerprint density at radius 2 is 1.63 bits per heavy atom. The molecule has 35 heavy (non-hydrogen) atoms. The Bertz CT molecular complexity index is 1300. The van der Waals surface area contributed by atoms with E-state index in [2.05, 4.69) is 5.32 Å². The van der Waals surface area contributed by atoms with Gasteiger partial charge in [-0.3, -0.25) is 13.9 Å². The van der Waals surface area contributed by atoms with Gasteiger partial charge in [0.25, 0.3) is 10.0 Å². The Morgan fingerprint density at radius 3 is 2.26 bits per heavy atom. The lowest BCUT2D eigenvalue weighted by Crippen LogP contribution is -2.50. The lowest BCUT2D eigenvalue weighted by atomic mass is 10.1. The van der Waals surface area contributed by atoms with Crippen LogP contribution in [0, 0.1) is 6.92 Å². The van der Waals surface area contributed by atoms with E-state index in [-0.39, 0.29) is 23.0 Å². The van der Waals surface area contributed by atoms with Gasteiger partial charge >= 0.3 is 0 Å². The standard InChI is InChI=1S/C26H28ClN3O4S/c1-19-10-7-8-11-21(19)17-29(20(2)26(32)28-3)25(31)18-30(23-13-9-12-22(27)16-23)35(33,34)24-14-5-4-6-15-24/h4-16,20H,17-18H2,1-3H3,(H,28,32)/t20-/m0/s1. The van der Waals surface area contributed by atoms with E-state index in [1.165, 1.54) is 30.1 Å². The molecule has 184 valence electrons. The predicted molar refractivity (Wildman–Crippen MR) is 138 cm³/mol. The molecule has 0 heterocycles. The third-order valence-electron chi connectivity index (χ3n) is 5.72. The van der Waals surface area contributed by atoms with E-state index in [0.29, 0.717) is 5.02 Å². The number of nitrogens with zero attached hydrogens (tertiary/aromatic N) is 2. The summed E-state index contributed by atoms with van der Waals surface area (Å²) in [7, 11) is -2.61. The van der Waals surface area contributed by atoms with Crippen LogP contribution in [0.15, 0.2) is 83.8 Å². The maximum atomic E-state index is 13.7. The molecule has 0 spiro atoms. The third-order valence-corrected chi connectivity index (χ3v) is 7.75. The van der Waals surface area contributed by atoms with Gasteiger partial charge in [0.15, 0.2) is 0 Å². The molecule has 0 saturated carbocycles. The van der Waals surface area contributed by atoms with Crippen LogP contribution in [0.5, 0.6) is 0 Å². The number of nitrogens with one attached hydrogen (secondary N) is 1. The largest absolute Gasteiger partial charge is 0.357 e. The van der Waals surface area contributed by atoms with Crippen molar-refractivity contribution in [3.8, 4) is 0 Å². The molecule has 0 fully saturated rings. The minimum atomic E-state index is -4.11. The first kappa shape index (κ1) is 26.2. The fourth-order valence-corrected chi connectivity index (χ4v) is 5.25. The molecule has 3 aromatic rings. The summed E-state index contributed by atoms with van der Waals surface area (Å²) >= 11 is 6.15. The fraction of sp³-hybridized carbons (Fsp3) is 0.231. The number of carbonyl (C=O) groups excluding carboxylic acids is 2. The second kappa shape index (κ2) is 11.4. The van der Waals surface area contributed by atoms with Gasteiger partial charge in [0.05, 0.1) is 10.6 Å². The third kappa shape index (κ3) is 6.21. The Balaban J connectivity index is 2.04. The molecule has 0 bridgehead atoms. The van der Waals surface area contributed by atoms with Crippen molar-refractivity contribution < 1.29 is 18.0 Å². The van der Waals surface area contributed by atoms with Gasteiger partial charge in [0.1, 0.15) is 12.6 Å². The van der Waals surface area contributed by atoms with E-state index in [0.717, 1.165) is 15.4 Å². The molecule has 0 saturated heterocycles. The number of benzene rings is 3. The van der Waals surface area contributed by atoms with Gasteiger partial charge in [-0.1, -0.05) is 60.1 Å². The number of anilines is 1. The number of amides is 2. The zero-order valence-corrected chi connectivity index (χ0v) is 21.4. The Hall–Kier alpha value is -3.36. The Morgan fingerprint density at radius 1 is 0.971 bits per heavy atom. The van der Waals surface area contributed by atoms with Gasteiger partial charge in [0.2, 0.25) is 11.8 Å². The van der Waals surface area contributed by atoms with Crippen LogP contribution >= 0.6 is 11.6 Å². The van der Waals surface area contributed by atoms with Crippen molar-refractivity contribution >= 4 is 39.1 Å². The fourth-order valence-electron chi connectivity index (χ4n) is 3.64. The topological polar surface area (TPSA) is 86.8 Å². The summed E-state index contributed by atoms with van der Waals surface area (Å²) < 4.78 is 28.2. The van der Waals surface area contributed by atoms with Gasteiger partial charge < -0.3 is 10.2 Å². The highest BCUT2D eigenvalue weighted by Gasteiger charge is 2.32. The first-order chi connectivity index (χ1) is 16.6. The highest BCUT2D eigenvalue weighted by molar-refractivity contribution is 7.92. The van der Waals surface area contributed by atoms with Crippen LogP contribution < -0.4 is 9.62 Å². The molecular weight excluding hydrogens is 486 g/mol. The molecular formula is C26H28ClN3O4S. The molecule has 7 nitrogen and oxygen atoms in total. The van der Waals surface area contributed by atoms with E-state index in [1.807, 2.05) is 31.2 Å². The zero-order valence-electron chi connectivity index (χ0n) is 19.8. The second-order valence-corrected chi connectivity index (χ2v) is 10.3. The average molecular weight is 514 g/mol. The molecule has 0 aliphatic heterocycles. The molecule has 3 rings (SSSR count). The summed E-state index contributed by atoms with van der Waals surface area (Å²) in [6.45, 7) is 3.17. The first-order valence-corrected chi connectivity index (χ1v) is 12.9. The summed E-state index contributed by atoms with van der Waals surface area (Å²) in [5, 5.41) is 2.90. The Kier molecular flexibility index (Phi) is 8.53. The minimum Gasteiger partial charge on any atom is -0.357 e. The summed E-state index contributed by atoms with van der Waals surface area (Å²) in [6.07, 6.45) is 0. The van der Waals surface area contributed by atoms with Gasteiger partial charge in [-0.15, -0.1) is 0 Å². The van der Waals surface area contributed by atoms with Crippen molar-refractivity contribution in [3.63, 3.8) is 0 Å². The van der Waals surface area contributed by atoms with Gasteiger partial charge in [0, 0.05) is 18.6 Å². The summed E-state index contributed by atoms with van der Waals surface area (Å²) in [6, 6.07) is 20.9. The molecule has 1 atom stereocenters. The molecule has 3 aromatic carbocycles. The SMILES string of the molecule is CNC(=O)[C@H](C)N(Cc1ccccc1C)C(=O)CN(c1cccc(Cl)c1)S(=O)(=O)c1ccccc1. The van der Waals surface area contributed by atoms with Crippen LogP contribution in [0.1, 0.15) is 18.1 Å². The monoisotopic (exact) mass is 513 g/mol. The second-order valence-electron chi connectivity index (χ2n) is 8.04. The minimum absolute atomic E-state index is 0.0394. The van der Waals surface area contributed by atoms with E-state index in [4.69, 9.17) is 11.6 Å². The number of rotatable bonds is 9. The van der Waals surface area contributed by atoms with Crippen molar-refractivity contribution in [2.75, 3.05) is 17.9 Å². The summed E-state index contributed by atoms with van der Waals surface area (Å²) in [4.78, 5) is 27.6. The first-order valence-electron chi connectivity index (χ1n) is 11.0. The van der Waals surface area contributed by atoms with Crippen LogP contribution in [-0.2, 0) is 26.2 Å². The predicted octanol–water partition coefficient (Wildman–Crippen LogP) is 4.01. The van der Waals surface area contributed by atoms with Crippen molar-refractivity contribution in [2.24, 2.45) is 0 Å². The maximum Gasteiger partial charge on any atom is 0.264 e. The van der Waals surface area contributed by atoms with Crippen molar-refractivity contribution in [2.45, 2.75) is 31.3 Å². The number of sulfonamides is 1. The molecule has 0 unspecified atom stereocenters. The average Bonchev–Trinajstić information content (AvgIpc) is 2.86. The van der Waals surface area contributed by atoms with Crippen molar-refractivity contribution in [1.82, 2.24) is 10.2 Å². The number of hydrogen-bond acceptors (Lipinski definition) is 4. The number of aryl methyl sites for hydroxylation is 1. The van der Waals surface area contributed by atoms with E-state index in [1.54, 1.807) is 43.3 Å². The van der Waals surface area contributed by atoms with E-state index in [9.17, 15) is 18.0 Å². The van der Waals surface area contributed by atoms with Crippen LogP contribution in [-0.4, -0.2) is 44.8 Å². The number of carbonyl (C=O) groups is 2. The quantitative estimate of drug-likeness (QED) is 0.468.